The van der Waals surface area contributed by atoms with Crippen LogP contribution in [0.1, 0.15) is 41.5 Å². The van der Waals surface area contributed by atoms with Gasteiger partial charge in [0.15, 0.2) is 6.10 Å². The molecule has 0 spiro atoms. The molecule has 3 heterocycles. The molecule has 6 rings (SSSR count). The van der Waals surface area contributed by atoms with Crippen molar-refractivity contribution in [3.8, 4) is 0 Å². The average molecular weight is 583 g/mol. The molecule has 3 fully saturated rings. The van der Waals surface area contributed by atoms with Crippen molar-refractivity contribution in [3.05, 3.63) is 72.0 Å². The Labute approximate surface area is 246 Å². The van der Waals surface area contributed by atoms with Crippen LogP contribution in [0.3, 0.4) is 0 Å². The molecule has 6 aliphatic rings. The van der Waals surface area contributed by atoms with Crippen LogP contribution >= 0.6 is 0 Å². The number of hydrogen-bond acceptors (Lipinski definition) is 9. The minimum Gasteiger partial charge on any atom is -0.508 e. The summed E-state index contributed by atoms with van der Waals surface area (Å²) in [7, 11) is 0. The number of ether oxygens (including phenoxy) is 3. The number of carbonyl (C=O) groups is 3. The highest BCUT2D eigenvalue weighted by Crippen LogP contribution is 2.38. The molecule has 0 radical (unpaired) electrons. The van der Waals surface area contributed by atoms with E-state index in [-0.39, 0.29) is 101 Å². The highest BCUT2D eigenvalue weighted by Gasteiger charge is 2.43. The monoisotopic (exact) mass is 582 g/mol. The molecule has 3 N–H and O–H groups in total. The van der Waals surface area contributed by atoms with Crippen LogP contribution in [0.2, 0.25) is 0 Å². The maximum Gasteiger partial charge on any atom is 0.309 e. The van der Waals surface area contributed by atoms with Crippen molar-refractivity contribution in [2.75, 3.05) is 0 Å². The molecule has 0 bridgehead atoms. The number of aliphatic hydroxyl groups is 3. The van der Waals surface area contributed by atoms with E-state index in [1.165, 1.54) is 0 Å². The Kier molecular flexibility index (Phi) is 9.38. The SMILES string of the molecule is CC1C(=O)OC2C(O)=CC=CC2C1C.CC1C(=O)OC2C=C(O)C=CC2C1C.CC1C(=O)OC2C=CC(O)=CC2C1C. The molecule has 9 heteroatoms. The van der Waals surface area contributed by atoms with E-state index < -0.39 is 6.10 Å². The molecule has 228 valence electrons. The molecule has 0 saturated carbocycles. The van der Waals surface area contributed by atoms with Crippen molar-refractivity contribution < 1.29 is 43.9 Å². The van der Waals surface area contributed by atoms with Crippen molar-refractivity contribution in [2.24, 2.45) is 53.3 Å². The summed E-state index contributed by atoms with van der Waals surface area (Å²) in [5.74, 6) is 0.981. The normalized spacial score (nSPS) is 41.3. The topological polar surface area (TPSA) is 140 Å². The van der Waals surface area contributed by atoms with Crippen LogP contribution in [-0.4, -0.2) is 51.5 Å². The molecule has 0 aromatic rings. The first-order valence-electron chi connectivity index (χ1n) is 14.7. The van der Waals surface area contributed by atoms with Gasteiger partial charge in [-0.3, -0.25) is 14.4 Å². The minimum absolute atomic E-state index is 0.0606. The fourth-order valence-corrected chi connectivity index (χ4v) is 6.10. The minimum atomic E-state index is -0.460. The second-order valence-electron chi connectivity index (χ2n) is 12.2. The first-order valence-corrected chi connectivity index (χ1v) is 14.7. The van der Waals surface area contributed by atoms with Crippen LogP contribution in [0, 0.1) is 53.3 Å². The number of fused-ring (bicyclic) bond motifs is 3. The van der Waals surface area contributed by atoms with Crippen LogP contribution in [0.4, 0.5) is 0 Å². The Morgan fingerprint density at radius 2 is 1.07 bits per heavy atom. The maximum absolute atomic E-state index is 11.4. The maximum atomic E-state index is 11.4. The van der Waals surface area contributed by atoms with Gasteiger partial charge >= 0.3 is 17.9 Å². The zero-order valence-corrected chi connectivity index (χ0v) is 24.9. The number of esters is 3. The van der Waals surface area contributed by atoms with E-state index in [0.29, 0.717) is 0 Å². The molecular weight excluding hydrogens is 540 g/mol. The Balaban J connectivity index is 0.000000145. The summed E-state index contributed by atoms with van der Waals surface area (Å²) in [6.07, 6.45) is 14.8. The van der Waals surface area contributed by atoms with Gasteiger partial charge in [0.05, 0.1) is 17.8 Å². The summed E-state index contributed by atoms with van der Waals surface area (Å²) in [5, 5.41) is 28.2. The molecule has 3 aliphatic heterocycles. The number of aliphatic hydroxyl groups excluding tert-OH is 3. The first kappa shape index (κ1) is 31.2. The second-order valence-corrected chi connectivity index (χ2v) is 12.2. The Bertz CT molecular complexity index is 1250. The van der Waals surface area contributed by atoms with Crippen molar-refractivity contribution >= 4 is 17.9 Å². The lowest BCUT2D eigenvalue weighted by Gasteiger charge is -2.38. The highest BCUT2D eigenvalue weighted by molar-refractivity contribution is 5.75. The van der Waals surface area contributed by atoms with Crippen molar-refractivity contribution in [1.29, 1.82) is 0 Å². The zero-order chi connectivity index (χ0) is 30.9. The van der Waals surface area contributed by atoms with Gasteiger partial charge in [0.2, 0.25) is 0 Å². The fraction of sp³-hybridized carbons (Fsp3) is 0.545. The van der Waals surface area contributed by atoms with Gasteiger partial charge in [-0.25, -0.2) is 0 Å². The lowest BCUT2D eigenvalue weighted by molar-refractivity contribution is -0.167. The average Bonchev–Trinajstić information content (AvgIpc) is 2.95. The van der Waals surface area contributed by atoms with E-state index in [9.17, 15) is 29.7 Å². The van der Waals surface area contributed by atoms with Gasteiger partial charge in [0, 0.05) is 17.8 Å². The zero-order valence-electron chi connectivity index (χ0n) is 24.9. The van der Waals surface area contributed by atoms with E-state index in [2.05, 4.69) is 0 Å². The summed E-state index contributed by atoms with van der Waals surface area (Å²) in [6, 6.07) is 0. The van der Waals surface area contributed by atoms with E-state index >= 15 is 0 Å². The van der Waals surface area contributed by atoms with Gasteiger partial charge in [0.25, 0.3) is 0 Å². The first-order chi connectivity index (χ1) is 19.8. The standard InChI is InChI=1S/3C11H14O3/c1-6-7(2)11(13)14-10-4-3-8(12)5-9(6)10;1-6-7(2)11(13)14-10-5-8(12)3-4-9(6)10;1-6-7(2)11(13)14-10-8(6)4-3-5-9(10)12/h2*3-7,9-10,12H,1-2H3;3-8,10,12H,1-2H3. The van der Waals surface area contributed by atoms with Crippen LogP contribution < -0.4 is 0 Å². The molecule has 0 aromatic heterocycles. The molecule has 12 atom stereocenters. The number of carbonyl (C=O) groups excluding carboxylic acids is 3. The Hall–Kier alpha value is -3.75. The Morgan fingerprint density at radius 3 is 1.71 bits per heavy atom. The van der Waals surface area contributed by atoms with Crippen LogP contribution in [0.5, 0.6) is 0 Å². The van der Waals surface area contributed by atoms with Crippen molar-refractivity contribution in [2.45, 2.75) is 59.9 Å². The third kappa shape index (κ3) is 6.35. The van der Waals surface area contributed by atoms with Gasteiger partial charge < -0.3 is 29.5 Å². The van der Waals surface area contributed by atoms with Crippen molar-refractivity contribution in [1.82, 2.24) is 0 Å². The lowest BCUT2D eigenvalue weighted by Crippen LogP contribution is -2.44. The smallest absolute Gasteiger partial charge is 0.309 e. The molecule has 0 amide bonds. The molecular formula is C33H42O9. The van der Waals surface area contributed by atoms with Crippen LogP contribution in [-0.2, 0) is 28.6 Å². The number of hydrogen-bond donors (Lipinski definition) is 3. The fourth-order valence-electron chi connectivity index (χ4n) is 6.10. The molecule has 42 heavy (non-hydrogen) atoms. The third-order valence-corrected chi connectivity index (χ3v) is 9.69. The van der Waals surface area contributed by atoms with Crippen LogP contribution in [0.15, 0.2) is 72.0 Å². The van der Waals surface area contributed by atoms with Gasteiger partial charge in [-0.05, 0) is 54.2 Å². The van der Waals surface area contributed by atoms with Crippen LogP contribution in [0.25, 0.3) is 0 Å². The van der Waals surface area contributed by atoms with Gasteiger partial charge in [0.1, 0.15) is 29.5 Å². The van der Waals surface area contributed by atoms with Gasteiger partial charge in [-0.15, -0.1) is 0 Å². The molecule has 12 unspecified atom stereocenters. The quantitative estimate of drug-likeness (QED) is 0.252. The van der Waals surface area contributed by atoms with E-state index in [4.69, 9.17) is 14.2 Å². The largest absolute Gasteiger partial charge is 0.508 e. The van der Waals surface area contributed by atoms with E-state index in [1.807, 2.05) is 59.8 Å². The van der Waals surface area contributed by atoms with Gasteiger partial charge in [-0.1, -0.05) is 59.8 Å². The predicted octanol–water partition coefficient (Wildman–Crippen LogP) is 5.44. The summed E-state index contributed by atoms with van der Waals surface area (Å²) >= 11 is 0. The number of allylic oxidation sites excluding steroid dienone is 4. The summed E-state index contributed by atoms with van der Waals surface area (Å²) in [5.41, 5.74) is 0. The number of rotatable bonds is 0. The predicted molar refractivity (Wildman–Crippen MR) is 155 cm³/mol. The summed E-state index contributed by atoms with van der Waals surface area (Å²) in [4.78, 5) is 34.2. The highest BCUT2D eigenvalue weighted by atomic mass is 16.6. The van der Waals surface area contributed by atoms with Crippen molar-refractivity contribution in [3.63, 3.8) is 0 Å². The second kappa shape index (κ2) is 12.6. The Morgan fingerprint density at radius 1 is 0.571 bits per heavy atom. The molecule has 0 aromatic carbocycles. The molecule has 3 saturated heterocycles. The summed E-state index contributed by atoms with van der Waals surface area (Å²) < 4.78 is 15.6. The van der Waals surface area contributed by atoms with E-state index in [0.717, 1.165) is 0 Å². The third-order valence-electron chi connectivity index (χ3n) is 9.69. The lowest BCUT2D eigenvalue weighted by atomic mass is 9.76. The molecule has 3 aliphatic carbocycles. The van der Waals surface area contributed by atoms with Gasteiger partial charge in [-0.2, -0.15) is 0 Å². The molecule has 9 nitrogen and oxygen atoms in total. The summed E-state index contributed by atoms with van der Waals surface area (Å²) in [6.45, 7) is 11.7. The van der Waals surface area contributed by atoms with E-state index in [1.54, 1.807) is 36.5 Å².